The molecule has 0 saturated carbocycles. The Morgan fingerprint density at radius 2 is 1.73 bits per heavy atom. The minimum atomic E-state index is -0.444. The minimum absolute atomic E-state index is 0.143. The second-order valence-electron chi connectivity index (χ2n) is 5.25. The fourth-order valence-electron chi connectivity index (χ4n) is 2.37. The molecule has 3 rings (SSSR count). The van der Waals surface area contributed by atoms with Crippen LogP contribution in [0.1, 0.15) is 24.0 Å². The molecular formula is C17H14F2N2O. The van der Waals surface area contributed by atoms with Gasteiger partial charge in [-0.15, -0.1) is 0 Å². The number of amides is 1. The van der Waals surface area contributed by atoms with Crippen LogP contribution < -0.4 is 5.43 Å². The van der Waals surface area contributed by atoms with Gasteiger partial charge >= 0.3 is 0 Å². The van der Waals surface area contributed by atoms with E-state index in [4.69, 9.17) is 0 Å². The molecule has 2 aromatic rings. The van der Waals surface area contributed by atoms with Gasteiger partial charge in [0, 0.05) is 24.0 Å². The van der Waals surface area contributed by atoms with Gasteiger partial charge in [0.1, 0.15) is 11.6 Å². The first-order chi connectivity index (χ1) is 10.5. The maximum atomic E-state index is 14.3. The molecule has 0 bridgehead atoms. The summed E-state index contributed by atoms with van der Waals surface area (Å²) >= 11 is 0. The molecule has 1 N–H and O–H groups in total. The number of halogens is 2. The number of carbonyl (C=O) groups excluding carboxylic acids is 1. The normalized spacial score (nSPS) is 14.5. The number of carbonyl (C=O) groups is 1. The summed E-state index contributed by atoms with van der Waals surface area (Å²) in [6.45, 7) is 1.66. The van der Waals surface area contributed by atoms with E-state index in [9.17, 15) is 13.6 Å². The third-order valence-corrected chi connectivity index (χ3v) is 3.69. The average Bonchev–Trinajstić information content (AvgIpc) is 2.51. The molecule has 112 valence electrons. The molecule has 0 spiro atoms. The van der Waals surface area contributed by atoms with Crippen molar-refractivity contribution in [3.63, 3.8) is 0 Å². The summed E-state index contributed by atoms with van der Waals surface area (Å²) in [6, 6.07) is 9.34. The topological polar surface area (TPSA) is 41.5 Å². The smallest absolute Gasteiger partial charge is 0.240 e. The third kappa shape index (κ3) is 2.74. The molecule has 5 heteroatoms. The van der Waals surface area contributed by atoms with Crippen LogP contribution in [0.25, 0.3) is 11.1 Å². The number of hydrogen-bond donors (Lipinski definition) is 1. The maximum Gasteiger partial charge on any atom is 0.240 e. The van der Waals surface area contributed by atoms with E-state index in [1.807, 2.05) is 0 Å². The summed E-state index contributed by atoms with van der Waals surface area (Å²) in [7, 11) is 0. The van der Waals surface area contributed by atoms with Gasteiger partial charge in [-0.05, 0) is 30.2 Å². The van der Waals surface area contributed by atoms with Crippen molar-refractivity contribution >= 4 is 11.6 Å². The number of rotatable bonds is 2. The van der Waals surface area contributed by atoms with E-state index in [2.05, 4.69) is 10.5 Å². The standard InChI is InChI=1S/C17H14F2N2O/c1-10-2-3-11(8-14(10)18)13-5-4-12(9-15(13)19)16-6-7-17(22)21-20-16/h2-5,8-9H,6-7H2,1H3,(H,21,22). The van der Waals surface area contributed by atoms with E-state index in [0.717, 1.165) is 0 Å². The van der Waals surface area contributed by atoms with Gasteiger partial charge in [-0.2, -0.15) is 5.10 Å². The predicted molar refractivity (Wildman–Crippen MR) is 80.4 cm³/mol. The van der Waals surface area contributed by atoms with Crippen molar-refractivity contribution in [3.05, 3.63) is 59.2 Å². The van der Waals surface area contributed by atoms with Crippen molar-refractivity contribution in [2.24, 2.45) is 5.10 Å². The lowest BCUT2D eigenvalue weighted by Gasteiger charge is -2.13. The van der Waals surface area contributed by atoms with Gasteiger partial charge < -0.3 is 0 Å². The number of aryl methyl sites for hydroxylation is 1. The van der Waals surface area contributed by atoms with Crippen LogP contribution in [-0.4, -0.2) is 11.6 Å². The molecule has 0 aromatic heterocycles. The lowest BCUT2D eigenvalue weighted by atomic mass is 9.98. The Morgan fingerprint density at radius 3 is 2.36 bits per heavy atom. The molecule has 1 amide bonds. The first-order valence-electron chi connectivity index (χ1n) is 6.96. The van der Waals surface area contributed by atoms with Crippen LogP contribution in [0.15, 0.2) is 41.5 Å². The van der Waals surface area contributed by atoms with Crippen molar-refractivity contribution in [3.8, 4) is 11.1 Å². The Morgan fingerprint density at radius 1 is 1.00 bits per heavy atom. The second-order valence-corrected chi connectivity index (χ2v) is 5.25. The van der Waals surface area contributed by atoms with E-state index in [0.29, 0.717) is 40.8 Å². The van der Waals surface area contributed by atoms with Gasteiger partial charge in [-0.25, -0.2) is 14.2 Å². The summed E-state index contributed by atoms with van der Waals surface area (Å²) in [5.74, 6) is -0.948. The second kappa shape index (κ2) is 5.67. The molecule has 0 saturated heterocycles. The van der Waals surface area contributed by atoms with E-state index < -0.39 is 5.82 Å². The lowest BCUT2D eigenvalue weighted by Crippen LogP contribution is -2.25. The van der Waals surface area contributed by atoms with Gasteiger partial charge in [-0.3, -0.25) is 4.79 Å². The highest BCUT2D eigenvalue weighted by Gasteiger charge is 2.15. The Bertz CT molecular complexity index is 784. The van der Waals surface area contributed by atoms with Crippen LogP contribution in [0, 0.1) is 18.6 Å². The fourth-order valence-corrected chi connectivity index (χ4v) is 2.37. The Hall–Kier alpha value is -2.56. The molecule has 0 radical (unpaired) electrons. The molecule has 1 aliphatic heterocycles. The Balaban J connectivity index is 1.95. The zero-order chi connectivity index (χ0) is 15.7. The molecule has 0 fully saturated rings. The van der Waals surface area contributed by atoms with Crippen molar-refractivity contribution in [1.29, 1.82) is 0 Å². The van der Waals surface area contributed by atoms with Gasteiger partial charge in [0.2, 0.25) is 5.91 Å². The first kappa shape index (κ1) is 14.4. The summed E-state index contributed by atoms with van der Waals surface area (Å²) in [5.41, 5.74) is 4.99. The quantitative estimate of drug-likeness (QED) is 0.905. The molecular weight excluding hydrogens is 286 g/mol. The largest absolute Gasteiger partial charge is 0.273 e. The molecule has 2 aromatic carbocycles. The highest BCUT2D eigenvalue weighted by Crippen LogP contribution is 2.26. The van der Waals surface area contributed by atoms with Crippen LogP contribution in [-0.2, 0) is 4.79 Å². The van der Waals surface area contributed by atoms with Crippen molar-refractivity contribution in [1.82, 2.24) is 5.43 Å². The van der Waals surface area contributed by atoms with Crippen LogP contribution in [0.3, 0.4) is 0 Å². The van der Waals surface area contributed by atoms with E-state index in [1.165, 1.54) is 12.1 Å². The Labute approximate surface area is 126 Å². The zero-order valence-corrected chi connectivity index (χ0v) is 12.0. The van der Waals surface area contributed by atoms with E-state index in [-0.39, 0.29) is 11.7 Å². The summed E-state index contributed by atoms with van der Waals surface area (Å²) in [4.78, 5) is 11.1. The summed E-state index contributed by atoms with van der Waals surface area (Å²) < 4.78 is 28.0. The molecule has 0 atom stereocenters. The van der Waals surface area contributed by atoms with Gasteiger partial charge in [-0.1, -0.05) is 24.3 Å². The average molecular weight is 300 g/mol. The number of hydrazone groups is 1. The SMILES string of the molecule is Cc1ccc(-c2ccc(C3=NNC(=O)CC3)cc2F)cc1F. The summed E-state index contributed by atoms with van der Waals surface area (Å²) in [5, 5.41) is 3.94. The number of nitrogens with zero attached hydrogens (tertiary/aromatic N) is 1. The van der Waals surface area contributed by atoms with E-state index in [1.54, 1.807) is 31.2 Å². The van der Waals surface area contributed by atoms with Crippen LogP contribution in [0.4, 0.5) is 8.78 Å². The van der Waals surface area contributed by atoms with Gasteiger partial charge in [0.05, 0.1) is 5.71 Å². The maximum absolute atomic E-state index is 14.3. The molecule has 0 aliphatic carbocycles. The van der Waals surface area contributed by atoms with Crippen LogP contribution >= 0.6 is 0 Å². The minimum Gasteiger partial charge on any atom is -0.273 e. The number of benzene rings is 2. The number of hydrogen-bond acceptors (Lipinski definition) is 2. The van der Waals surface area contributed by atoms with Crippen molar-refractivity contribution in [2.75, 3.05) is 0 Å². The molecule has 3 nitrogen and oxygen atoms in total. The van der Waals surface area contributed by atoms with Gasteiger partial charge in [0.15, 0.2) is 0 Å². The van der Waals surface area contributed by atoms with Crippen LogP contribution in [0.5, 0.6) is 0 Å². The zero-order valence-electron chi connectivity index (χ0n) is 12.0. The van der Waals surface area contributed by atoms with Crippen LogP contribution in [0.2, 0.25) is 0 Å². The summed E-state index contributed by atoms with van der Waals surface area (Å²) in [6.07, 6.45) is 0.815. The monoisotopic (exact) mass is 300 g/mol. The first-order valence-corrected chi connectivity index (χ1v) is 6.96. The number of nitrogens with one attached hydrogen (secondary N) is 1. The lowest BCUT2D eigenvalue weighted by molar-refractivity contribution is -0.121. The predicted octanol–water partition coefficient (Wildman–Crippen LogP) is 3.55. The van der Waals surface area contributed by atoms with Gasteiger partial charge in [0.25, 0.3) is 0 Å². The van der Waals surface area contributed by atoms with Crippen molar-refractivity contribution in [2.45, 2.75) is 19.8 Å². The van der Waals surface area contributed by atoms with E-state index >= 15 is 0 Å². The highest BCUT2D eigenvalue weighted by molar-refractivity contribution is 6.04. The molecule has 0 unspecified atom stereocenters. The molecule has 1 aliphatic rings. The van der Waals surface area contributed by atoms with Crippen molar-refractivity contribution < 1.29 is 13.6 Å². The fraction of sp³-hybridized carbons (Fsp3) is 0.176. The highest BCUT2D eigenvalue weighted by atomic mass is 19.1. The Kier molecular flexibility index (Phi) is 3.71. The molecule has 1 heterocycles. The molecule has 22 heavy (non-hydrogen) atoms. The third-order valence-electron chi connectivity index (χ3n) is 3.69.